The average molecular weight is 353 g/mol. The highest BCUT2D eigenvalue weighted by Crippen LogP contribution is 2.28. The van der Waals surface area contributed by atoms with Gasteiger partial charge in [-0.25, -0.2) is 14.8 Å². The summed E-state index contributed by atoms with van der Waals surface area (Å²) in [6.45, 7) is 0. The molecule has 7 heteroatoms. The van der Waals surface area contributed by atoms with Crippen LogP contribution in [0.15, 0.2) is 42.6 Å². The summed E-state index contributed by atoms with van der Waals surface area (Å²) in [6.07, 6.45) is 2.03. The fourth-order valence-electron chi connectivity index (χ4n) is 2.75. The van der Waals surface area contributed by atoms with Gasteiger partial charge in [-0.2, -0.15) is 0 Å². The normalized spacial score (nSPS) is 11.1. The number of nitrogens with one attached hydrogen (secondary N) is 1. The van der Waals surface area contributed by atoms with Gasteiger partial charge >= 0.3 is 5.97 Å². The number of ether oxygens (including phenoxy) is 1. The Balaban J connectivity index is 1.83. The van der Waals surface area contributed by atoms with E-state index >= 15 is 0 Å². The van der Waals surface area contributed by atoms with Gasteiger partial charge in [0.05, 0.1) is 23.6 Å². The molecule has 124 valence electrons. The van der Waals surface area contributed by atoms with Crippen molar-refractivity contribution in [3.8, 4) is 0 Å². The number of methoxy groups -OCH3 is 1. The second kappa shape index (κ2) is 6.14. The molecule has 0 unspecified atom stereocenters. The van der Waals surface area contributed by atoms with Crippen molar-refractivity contribution in [1.82, 2.24) is 19.9 Å². The van der Waals surface area contributed by atoms with Gasteiger partial charge < -0.3 is 9.72 Å². The smallest absolute Gasteiger partial charge is 0.339 e. The quantitative estimate of drug-likeness (QED) is 0.450. The van der Waals surface area contributed by atoms with Crippen molar-refractivity contribution in [2.24, 2.45) is 0 Å². The van der Waals surface area contributed by atoms with Crippen LogP contribution in [0.4, 0.5) is 0 Å². The molecule has 1 aromatic carbocycles. The van der Waals surface area contributed by atoms with Crippen LogP contribution >= 0.6 is 11.6 Å². The van der Waals surface area contributed by atoms with Crippen molar-refractivity contribution in [3.63, 3.8) is 0 Å². The summed E-state index contributed by atoms with van der Waals surface area (Å²) in [6, 6.07) is 11.6. The molecule has 0 amide bonds. The molecule has 0 spiro atoms. The van der Waals surface area contributed by atoms with E-state index < -0.39 is 5.97 Å². The molecule has 4 aromatic rings. The second-order valence-electron chi connectivity index (χ2n) is 5.55. The van der Waals surface area contributed by atoms with Gasteiger partial charge in [-0.05, 0) is 11.6 Å². The van der Waals surface area contributed by atoms with Gasteiger partial charge in [-0.15, -0.1) is 0 Å². The van der Waals surface area contributed by atoms with Crippen LogP contribution in [-0.4, -0.2) is 33.0 Å². The van der Waals surface area contributed by atoms with Crippen LogP contribution in [0.25, 0.3) is 22.1 Å². The van der Waals surface area contributed by atoms with Gasteiger partial charge in [0.25, 0.3) is 0 Å². The predicted octanol–water partition coefficient (Wildman–Crippen LogP) is 3.54. The Bertz CT molecular complexity index is 1090. The number of fused-ring (bicyclic) bond motifs is 3. The van der Waals surface area contributed by atoms with Crippen LogP contribution in [0.3, 0.4) is 0 Å². The van der Waals surface area contributed by atoms with Gasteiger partial charge in [0.1, 0.15) is 22.1 Å². The first-order chi connectivity index (χ1) is 12.2. The van der Waals surface area contributed by atoms with E-state index in [1.807, 2.05) is 30.3 Å². The molecule has 0 saturated carbocycles. The van der Waals surface area contributed by atoms with Crippen LogP contribution in [0, 0.1) is 0 Å². The molecule has 0 aliphatic rings. The molecule has 0 atom stereocenters. The van der Waals surface area contributed by atoms with Crippen molar-refractivity contribution in [2.75, 3.05) is 7.11 Å². The molecule has 0 aliphatic heterocycles. The molecule has 0 bridgehead atoms. The number of esters is 1. The van der Waals surface area contributed by atoms with Crippen LogP contribution in [0.2, 0.25) is 5.15 Å². The SMILES string of the molecule is COC(=O)c1cnc2c(c1)[nH]c1nc(Cc3ccccc3)nc(Cl)c12. The maximum absolute atomic E-state index is 11.7. The molecule has 4 rings (SSSR count). The number of hydrogen-bond donors (Lipinski definition) is 1. The Morgan fingerprint density at radius 3 is 2.80 bits per heavy atom. The lowest BCUT2D eigenvalue weighted by Crippen LogP contribution is -2.01. The number of carbonyl (C=O) groups excluding carboxylic acids is 1. The summed E-state index contributed by atoms with van der Waals surface area (Å²) in [7, 11) is 1.33. The third kappa shape index (κ3) is 2.81. The summed E-state index contributed by atoms with van der Waals surface area (Å²) in [5.41, 5.74) is 3.33. The number of carbonyl (C=O) groups is 1. The van der Waals surface area contributed by atoms with E-state index in [9.17, 15) is 4.79 Å². The molecule has 0 fully saturated rings. The fourth-order valence-corrected chi connectivity index (χ4v) is 3.03. The van der Waals surface area contributed by atoms with Gasteiger partial charge in [-0.1, -0.05) is 41.9 Å². The molecule has 3 heterocycles. The largest absolute Gasteiger partial charge is 0.465 e. The van der Waals surface area contributed by atoms with Gasteiger partial charge in [0.15, 0.2) is 0 Å². The number of pyridine rings is 1. The molecular weight excluding hydrogens is 340 g/mol. The summed E-state index contributed by atoms with van der Waals surface area (Å²) in [5, 5.41) is 0.977. The Morgan fingerprint density at radius 1 is 1.24 bits per heavy atom. The van der Waals surface area contributed by atoms with Crippen LogP contribution < -0.4 is 0 Å². The van der Waals surface area contributed by atoms with Crippen molar-refractivity contribution >= 4 is 39.6 Å². The van der Waals surface area contributed by atoms with E-state index in [0.717, 1.165) is 5.56 Å². The first-order valence-electron chi connectivity index (χ1n) is 7.62. The number of nitrogens with zero attached hydrogens (tertiary/aromatic N) is 3. The molecular formula is C18H13ClN4O2. The lowest BCUT2D eigenvalue weighted by atomic mass is 10.1. The molecule has 0 saturated heterocycles. The van der Waals surface area contributed by atoms with Gasteiger partial charge in [0, 0.05) is 12.6 Å². The number of H-pyrrole nitrogens is 1. The fraction of sp³-hybridized carbons (Fsp3) is 0.111. The monoisotopic (exact) mass is 352 g/mol. The zero-order chi connectivity index (χ0) is 17.4. The maximum Gasteiger partial charge on any atom is 0.339 e. The molecule has 0 radical (unpaired) electrons. The van der Waals surface area contributed by atoms with Gasteiger partial charge in [-0.3, -0.25) is 4.98 Å². The molecule has 0 aliphatic carbocycles. The minimum Gasteiger partial charge on any atom is -0.465 e. The standard InChI is InChI=1S/C18H13ClN4O2/c1-25-18(24)11-8-12-15(20-9-11)14-16(19)22-13(23-17(14)21-12)7-10-5-3-2-4-6-10/h2-6,8-9H,7H2,1H3,(H,21,22,23). The predicted molar refractivity (Wildman–Crippen MR) is 94.8 cm³/mol. The topological polar surface area (TPSA) is 80.8 Å². The van der Waals surface area contributed by atoms with E-state index in [-0.39, 0.29) is 0 Å². The van der Waals surface area contributed by atoms with E-state index in [1.165, 1.54) is 13.3 Å². The zero-order valence-electron chi connectivity index (χ0n) is 13.3. The number of aromatic nitrogens is 4. The van der Waals surface area contributed by atoms with Crippen molar-refractivity contribution in [1.29, 1.82) is 0 Å². The third-order valence-corrected chi connectivity index (χ3v) is 4.19. The minimum absolute atomic E-state index is 0.334. The lowest BCUT2D eigenvalue weighted by molar-refractivity contribution is 0.0600. The third-order valence-electron chi connectivity index (χ3n) is 3.91. The highest BCUT2D eigenvalue weighted by atomic mass is 35.5. The first-order valence-corrected chi connectivity index (χ1v) is 7.99. The zero-order valence-corrected chi connectivity index (χ0v) is 14.0. The van der Waals surface area contributed by atoms with Crippen LogP contribution in [-0.2, 0) is 11.2 Å². The number of halogens is 1. The van der Waals surface area contributed by atoms with E-state index in [2.05, 4.69) is 19.9 Å². The van der Waals surface area contributed by atoms with E-state index in [0.29, 0.717) is 45.0 Å². The number of aromatic amines is 1. The Labute approximate surface area is 147 Å². The summed E-state index contributed by atoms with van der Waals surface area (Å²) in [4.78, 5) is 28.1. The molecule has 3 aromatic heterocycles. The maximum atomic E-state index is 11.7. The van der Waals surface area contributed by atoms with E-state index in [1.54, 1.807) is 6.07 Å². The highest BCUT2D eigenvalue weighted by Gasteiger charge is 2.16. The average Bonchev–Trinajstić information content (AvgIpc) is 2.99. The Kier molecular flexibility index (Phi) is 3.82. The molecule has 6 nitrogen and oxygen atoms in total. The lowest BCUT2D eigenvalue weighted by Gasteiger charge is -2.02. The van der Waals surface area contributed by atoms with Crippen molar-refractivity contribution in [2.45, 2.75) is 6.42 Å². The van der Waals surface area contributed by atoms with Gasteiger partial charge in [0.2, 0.25) is 0 Å². The summed E-state index contributed by atoms with van der Waals surface area (Å²) < 4.78 is 4.72. The summed E-state index contributed by atoms with van der Waals surface area (Å²) in [5.74, 6) is 0.165. The molecule has 1 N–H and O–H groups in total. The second-order valence-corrected chi connectivity index (χ2v) is 5.91. The highest BCUT2D eigenvalue weighted by molar-refractivity contribution is 6.36. The first kappa shape index (κ1) is 15.5. The number of hydrogen-bond acceptors (Lipinski definition) is 5. The Hall–Kier alpha value is -2.99. The number of rotatable bonds is 3. The van der Waals surface area contributed by atoms with Crippen molar-refractivity contribution < 1.29 is 9.53 Å². The minimum atomic E-state index is -0.449. The van der Waals surface area contributed by atoms with Crippen LogP contribution in [0.5, 0.6) is 0 Å². The van der Waals surface area contributed by atoms with Crippen molar-refractivity contribution in [3.05, 3.63) is 64.7 Å². The number of benzene rings is 1. The van der Waals surface area contributed by atoms with Crippen LogP contribution in [0.1, 0.15) is 21.7 Å². The summed E-state index contributed by atoms with van der Waals surface area (Å²) >= 11 is 6.38. The van der Waals surface area contributed by atoms with E-state index in [4.69, 9.17) is 16.3 Å². The molecule has 25 heavy (non-hydrogen) atoms. The Morgan fingerprint density at radius 2 is 2.04 bits per heavy atom.